The average molecular weight is 327 g/mol. The van der Waals surface area contributed by atoms with Gasteiger partial charge in [-0.2, -0.15) is 0 Å². The highest BCUT2D eigenvalue weighted by Gasteiger charge is 2.60. The number of halogens is 2. The fraction of sp³-hybridized carbons (Fsp3) is 0.333. The van der Waals surface area contributed by atoms with Crippen molar-refractivity contribution in [2.45, 2.75) is 13.8 Å². The summed E-state index contributed by atoms with van der Waals surface area (Å²) in [6.45, 7) is 3.90. The van der Waals surface area contributed by atoms with Crippen molar-refractivity contribution in [3.05, 3.63) is 40.4 Å². The molecule has 21 heavy (non-hydrogen) atoms. The minimum Gasteiger partial charge on any atom is -0.545 e. The van der Waals surface area contributed by atoms with Crippen LogP contribution in [0.15, 0.2) is 34.8 Å². The van der Waals surface area contributed by atoms with Gasteiger partial charge in [-0.3, -0.25) is 4.79 Å². The molecule has 1 amide bonds. The summed E-state index contributed by atoms with van der Waals surface area (Å²) in [7, 11) is 0. The molecule has 1 aliphatic carbocycles. The highest BCUT2D eigenvalue weighted by atomic mass is 35.5. The molecular formula is C15H14Cl2NO3-. The van der Waals surface area contributed by atoms with Gasteiger partial charge in [0.25, 0.3) is 0 Å². The van der Waals surface area contributed by atoms with Crippen LogP contribution in [0.25, 0.3) is 0 Å². The molecule has 1 saturated carbocycles. The topological polar surface area (TPSA) is 69.2 Å². The zero-order chi connectivity index (χ0) is 15.8. The minimum absolute atomic E-state index is 0.0168. The van der Waals surface area contributed by atoms with Crippen LogP contribution in [0.3, 0.4) is 0 Å². The largest absolute Gasteiger partial charge is 0.545 e. The van der Waals surface area contributed by atoms with Crippen molar-refractivity contribution >= 4 is 40.8 Å². The molecule has 112 valence electrons. The van der Waals surface area contributed by atoms with Crippen LogP contribution in [0.1, 0.15) is 24.2 Å². The maximum Gasteiger partial charge on any atom is 0.228 e. The van der Waals surface area contributed by atoms with E-state index in [1.165, 1.54) is 12.1 Å². The summed E-state index contributed by atoms with van der Waals surface area (Å²) in [5.41, 5.74) is 0.206. The van der Waals surface area contributed by atoms with E-state index >= 15 is 0 Å². The highest BCUT2D eigenvalue weighted by molar-refractivity contribution is 6.55. The molecule has 0 aromatic heterocycles. The van der Waals surface area contributed by atoms with Crippen LogP contribution in [-0.2, 0) is 4.79 Å². The lowest BCUT2D eigenvalue weighted by Gasteiger charge is -2.08. The van der Waals surface area contributed by atoms with E-state index in [9.17, 15) is 14.7 Å². The Morgan fingerprint density at radius 3 is 2.57 bits per heavy atom. The van der Waals surface area contributed by atoms with Crippen molar-refractivity contribution in [2.24, 2.45) is 17.3 Å². The number of nitrogens with one attached hydrogen (secondary N) is 1. The summed E-state index contributed by atoms with van der Waals surface area (Å²) < 4.78 is 0.141. The number of carbonyl (C=O) groups excluding carboxylic acids is 2. The molecular weight excluding hydrogens is 313 g/mol. The predicted octanol–water partition coefficient (Wildman–Crippen LogP) is 2.58. The maximum absolute atomic E-state index is 12.3. The summed E-state index contributed by atoms with van der Waals surface area (Å²) in [6.07, 6.45) is 1.66. The van der Waals surface area contributed by atoms with Gasteiger partial charge in [0, 0.05) is 5.69 Å². The molecule has 2 rings (SSSR count). The van der Waals surface area contributed by atoms with Crippen LogP contribution >= 0.6 is 23.2 Å². The third kappa shape index (κ3) is 3.39. The SMILES string of the molecule is CC1(C)[C@H](C(=O)Nc2cccc(C(=O)[O-])c2)[C@@H]1C=C(Cl)Cl. The van der Waals surface area contributed by atoms with Gasteiger partial charge in [0.1, 0.15) is 4.49 Å². The Balaban J connectivity index is 2.11. The number of amides is 1. The van der Waals surface area contributed by atoms with Gasteiger partial charge in [-0.15, -0.1) is 0 Å². The standard InChI is InChI=1S/C15H15Cl2NO3/c1-15(2)10(7-11(16)17)12(15)13(19)18-9-5-3-4-8(6-9)14(20)21/h3-7,10,12H,1-2H3,(H,18,19)(H,20,21)/p-1/t10-,12-/m0/s1. The molecule has 0 spiro atoms. The van der Waals surface area contributed by atoms with E-state index < -0.39 is 5.97 Å². The summed E-state index contributed by atoms with van der Waals surface area (Å²) >= 11 is 11.3. The van der Waals surface area contributed by atoms with Gasteiger partial charge in [-0.25, -0.2) is 0 Å². The van der Waals surface area contributed by atoms with Crippen LogP contribution in [-0.4, -0.2) is 11.9 Å². The second kappa shape index (κ2) is 5.70. The Kier molecular flexibility index (Phi) is 4.30. The van der Waals surface area contributed by atoms with Gasteiger partial charge in [0.2, 0.25) is 5.91 Å². The van der Waals surface area contributed by atoms with E-state index in [1.807, 2.05) is 13.8 Å². The summed E-state index contributed by atoms with van der Waals surface area (Å²) in [5, 5.41) is 13.5. The van der Waals surface area contributed by atoms with E-state index in [-0.39, 0.29) is 33.2 Å². The predicted molar refractivity (Wildman–Crippen MR) is 80.0 cm³/mol. The second-order valence-electron chi connectivity index (χ2n) is 5.64. The van der Waals surface area contributed by atoms with Crippen molar-refractivity contribution in [2.75, 3.05) is 5.32 Å². The van der Waals surface area contributed by atoms with Crippen LogP contribution in [0.4, 0.5) is 5.69 Å². The maximum atomic E-state index is 12.3. The Morgan fingerprint density at radius 2 is 2.00 bits per heavy atom. The Labute approximate surface area is 132 Å². The monoisotopic (exact) mass is 326 g/mol. The molecule has 1 aliphatic rings. The number of rotatable bonds is 4. The van der Waals surface area contributed by atoms with Gasteiger partial charge >= 0.3 is 0 Å². The zero-order valence-corrected chi connectivity index (χ0v) is 13.0. The molecule has 0 bridgehead atoms. The first-order chi connectivity index (χ1) is 9.73. The number of carboxylic acid groups (broad SMARTS) is 1. The number of carbonyl (C=O) groups is 2. The normalized spacial score (nSPS) is 22.3. The molecule has 4 nitrogen and oxygen atoms in total. The van der Waals surface area contributed by atoms with Crippen molar-refractivity contribution in [3.8, 4) is 0 Å². The average Bonchev–Trinajstić information content (AvgIpc) is 2.90. The number of carboxylic acids is 1. The minimum atomic E-state index is -1.28. The van der Waals surface area contributed by atoms with Gasteiger partial charge in [0.05, 0.1) is 11.9 Å². The Bertz CT molecular complexity index is 621. The lowest BCUT2D eigenvalue weighted by atomic mass is 10.1. The van der Waals surface area contributed by atoms with Crippen molar-refractivity contribution in [1.82, 2.24) is 0 Å². The molecule has 0 heterocycles. The number of benzene rings is 1. The zero-order valence-electron chi connectivity index (χ0n) is 11.5. The highest BCUT2D eigenvalue weighted by Crippen LogP contribution is 2.59. The van der Waals surface area contributed by atoms with Crippen LogP contribution < -0.4 is 10.4 Å². The van der Waals surface area contributed by atoms with E-state index in [2.05, 4.69) is 5.32 Å². The van der Waals surface area contributed by atoms with E-state index in [4.69, 9.17) is 23.2 Å². The summed E-state index contributed by atoms with van der Waals surface area (Å²) in [5.74, 6) is -1.76. The molecule has 1 N–H and O–H groups in total. The van der Waals surface area contributed by atoms with Gasteiger partial charge in [-0.1, -0.05) is 49.2 Å². The van der Waals surface area contributed by atoms with Crippen LogP contribution in [0, 0.1) is 17.3 Å². The first kappa shape index (κ1) is 15.9. The fourth-order valence-corrected chi connectivity index (χ4v) is 2.84. The first-order valence-electron chi connectivity index (χ1n) is 6.38. The number of anilines is 1. The smallest absolute Gasteiger partial charge is 0.228 e. The number of aromatic carboxylic acids is 1. The molecule has 0 aliphatic heterocycles. The molecule has 1 aromatic rings. The Hall–Kier alpha value is -1.52. The lowest BCUT2D eigenvalue weighted by Crippen LogP contribution is -2.22. The third-order valence-corrected chi connectivity index (χ3v) is 4.12. The van der Waals surface area contributed by atoms with E-state index in [0.717, 1.165) is 0 Å². The molecule has 0 unspecified atom stereocenters. The first-order valence-corrected chi connectivity index (χ1v) is 7.14. The third-order valence-electron chi connectivity index (χ3n) is 3.86. The van der Waals surface area contributed by atoms with Crippen molar-refractivity contribution in [3.63, 3.8) is 0 Å². The van der Waals surface area contributed by atoms with Crippen molar-refractivity contribution in [1.29, 1.82) is 0 Å². The van der Waals surface area contributed by atoms with Crippen molar-refractivity contribution < 1.29 is 14.7 Å². The Morgan fingerprint density at radius 1 is 1.33 bits per heavy atom. The molecule has 0 saturated heterocycles. The molecule has 6 heteroatoms. The number of hydrogen-bond donors (Lipinski definition) is 1. The van der Waals surface area contributed by atoms with Gasteiger partial charge in [-0.05, 0) is 35.1 Å². The molecule has 0 radical (unpaired) electrons. The second-order valence-corrected chi connectivity index (χ2v) is 6.65. The van der Waals surface area contributed by atoms with Crippen LogP contribution in [0.2, 0.25) is 0 Å². The summed E-state index contributed by atoms with van der Waals surface area (Å²) in [4.78, 5) is 23.1. The van der Waals surface area contributed by atoms with E-state index in [0.29, 0.717) is 5.69 Å². The molecule has 1 fully saturated rings. The van der Waals surface area contributed by atoms with Gasteiger partial charge < -0.3 is 15.2 Å². The number of allylic oxidation sites excluding steroid dienone is 1. The van der Waals surface area contributed by atoms with Gasteiger partial charge in [0.15, 0.2) is 0 Å². The van der Waals surface area contributed by atoms with E-state index in [1.54, 1.807) is 18.2 Å². The molecule has 2 atom stereocenters. The number of hydrogen-bond acceptors (Lipinski definition) is 3. The quantitative estimate of drug-likeness (QED) is 0.924. The molecule has 1 aromatic carbocycles. The summed E-state index contributed by atoms with van der Waals surface area (Å²) in [6, 6.07) is 5.94. The van der Waals surface area contributed by atoms with Crippen LogP contribution in [0.5, 0.6) is 0 Å². The lowest BCUT2D eigenvalue weighted by molar-refractivity contribution is -0.255. The fourth-order valence-electron chi connectivity index (χ4n) is 2.57.